The molecule has 1 N–H and O–H groups in total. The van der Waals surface area contributed by atoms with Crippen LogP contribution in [0.25, 0.3) is 0 Å². The monoisotopic (exact) mass is 561 g/mol. The quantitative estimate of drug-likeness (QED) is 0.272. The number of amides is 3. The summed E-state index contributed by atoms with van der Waals surface area (Å²) in [5.74, 6) is 0.906. The van der Waals surface area contributed by atoms with Crippen molar-refractivity contribution < 1.29 is 32.2 Å². The Labute approximate surface area is 229 Å². The predicted octanol–water partition coefficient (Wildman–Crippen LogP) is 6.08. The Morgan fingerprint density at radius 2 is 1.74 bits per heavy atom. The Kier molecular flexibility index (Phi) is 10.4. The number of methoxy groups -OCH3 is 2. The van der Waals surface area contributed by atoms with E-state index in [1.54, 1.807) is 25.2 Å². The summed E-state index contributed by atoms with van der Waals surface area (Å²) in [6.45, 7) is 4.24. The zero-order chi connectivity index (χ0) is 28.4. The van der Waals surface area contributed by atoms with Crippen LogP contribution in [-0.2, 0) is 23.9 Å². The van der Waals surface area contributed by atoms with E-state index >= 15 is 0 Å². The number of hydrogen-bond donors (Lipinski definition) is 1. The first-order valence-electron chi connectivity index (χ1n) is 12.0. The van der Waals surface area contributed by atoms with E-state index in [0.717, 1.165) is 22.6 Å². The number of carbonyl (C=O) groups is 2. The largest absolute Gasteiger partial charge is 0.493 e. The fourth-order valence-corrected chi connectivity index (χ4v) is 4.49. The van der Waals surface area contributed by atoms with Crippen molar-refractivity contribution in [3.05, 3.63) is 88.6 Å². The molecule has 0 spiro atoms. The van der Waals surface area contributed by atoms with E-state index in [2.05, 4.69) is 11.9 Å². The second kappa shape index (κ2) is 13.7. The van der Waals surface area contributed by atoms with E-state index in [1.807, 2.05) is 29.6 Å². The number of thiophene rings is 1. The van der Waals surface area contributed by atoms with Crippen LogP contribution in [0.15, 0.2) is 72.6 Å². The molecule has 208 valence electrons. The number of benzene rings is 2. The lowest BCUT2D eigenvalue weighted by molar-refractivity contribution is -0.137. The molecule has 11 heteroatoms. The number of anilines is 1. The van der Waals surface area contributed by atoms with Gasteiger partial charge in [0.15, 0.2) is 11.5 Å². The summed E-state index contributed by atoms with van der Waals surface area (Å²) in [6, 6.07) is 12.9. The molecular formula is C28H30F3N3O4S. The van der Waals surface area contributed by atoms with E-state index in [4.69, 9.17) is 9.47 Å². The first-order valence-corrected chi connectivity index (χ1v) is 12.9. The fraction of sp³-hybridized carbons (Fsp3) is 0.286. The van der Waals surface area contributed by atoms with Gasteiger partial charge in [0.05, 0.1) is 26.3 Å². The third kappa shape index (κ3) is 8.51. The molecule has 0 saturated heterocycles. The first kappa shape index (κ1) is 29.6. The average Bonchev–Trinajstić information content (AvgIpc) is 3.43. The van der Waals surface area contributed by atoms with Crippen LogP contribution >= 0.6 is 11.3 Å². The second-order valence-electron chi connectivity index (χ2n) is 8.51. The van der Waals surface area contributed by atoms with Crippen molar-refractivity contribution in [2.45, 2.75) is 19.1 Å². The van der Waals surface area contributed by atoms with Gasteiger partial charge in [-0.15, -0.1) is 17.9 Å². The lowest BCUT2D eigenvalue weighted by atomic mass is 10.1. The highest BCUT2D eigenvalue weighted by Crippen LogP contribution is 2.30. The molecule has 3 amide bonds. The Bertz CT molecular complexity index is 1250. The molecule has 0 fully saturated rings. The van der Waals surface area contributed by atoms with Crippen molar-refractivity contribution in [2.24, 2.45) is 0 Å². The number of alkyl halides is 3. The number of halogens is 3. The van der Waals surface area contributed by atoms with Crippen LogP contribution in [0.2, 0.25) is 0 Å². The number of nitrogens with one attached hydrogen (secondary N) is 1. The van der Waals surface area contributed by atoms with Crippen LogP contribution < -0.4 is 14.8 Å². The summed E-state index contributed by atoms with van der Waals surface area (Å²) in [4.78, 5) is 30.2. The molecule has 1 aromatic heterocycles. The summed E-state index contributed by atoms with van der Waals surface area (Å²) >= 11 is 1.52. The number of ether oxygens (including phenoxy) is 2. The molecule has 0 aliphatic rings. The van der Waals surface area contributed by atoms with Crippen molar-refractivity contribution >= 4 is 29.0 Å². The maximum Gasteiger partial charge on any atom is 0.416 e. The molecule has 0 bridgehead atoms. The minimum absolute atomic E-state index is 0.0702. The van der Waals surface area contributed by atoms with E-state index < -0.39 is 17.8 Å². The first-order chi connectivity index (χ1) is 18.6. The molecular weight excluding hydrogens is 531 g/mol. The van der Waals surface area contributed by atoms with Crippen LogP contribution in [0.1, 0.15) is 16.0 Å². The zero-order valence-electron chi connectivity index (χ0n) is 21.7. The standard InChI is InChI=1S/C28H30F3N3O4S/c1-4-14-34(27(36)32-22-10-8-21(9-11-22)28(29,30)31)19-26(35)33(18-23-6-5-16-39-23)15-13-20-7-12-24(37-2)25(17-20)38-3/h4-12,16-17H,1,13-15,18-19H2,2-3H3,(H,32,36). The second-order valence-corrected chi connectivity index (χ2v) is 9.54. The van der Waals surface area contributed by atoms with Crippen molar-refractivity contribution in [2.75, 3.05) is 39.2 Å². The molecule has 0 radical (unpaired) electrons. The van der Waals surface area contributed by atoms with Gasteiger partial charge >= 0.3 is 12.2 Å². The lowest BCUT2D eigenvalue weighted by Crippen LogP contribution is -2.44. The predicted molar refractivity (Wildman–Crippen MR) is 145 cm³/mol. The fourth-order valence-electron chi connectivity index (χ4n) is 3.77. The van der Waals surface area contributed by atoms with E-state index in [9.17, 15) is 22.8 Å². The van der Waals surface area contributed by atoms with Crippen LogP contribution in [0.5, 0.6) is 11.5 Å². The number of carbonyl (C=O) groups excluding carboxylic acids is 2. The van der Waals surface area contributed by atoms with Gasteiger partial charge in [-0.3, -0.25) is 4.79 Å². The Morgan fingerprint density at radius 3 is 2.33 bits per heavy atom. The van der Waals surface area contributed by atoms with Gasteiger partial charge in [-0.2, -0.15) is 13.2 Å². The number of urea groups is 1. The summed E-state index contributed by atoms with van der Waals surface area (Å²) in [6.07, 6.45) is -2.46. The van der Waals surface area contributed by atoms with E-state index in [1.165, 1.54) is 34.4 Å². The Hall–Kier alpha value is -3.99. The molecule has 0 saturated carbocycles. The van der Waals surface area contributed by atoms with Gasteiger partial charge in [0.25, 0.3) is 0 Å². The average molecular weight is 562 g/mol. The van der Waals surface area contributed by atoms with Crippen molar-refractivity contribution in [1.82, 2.24) is 9.80 Å². The van der Waals surface area contributed by atoms with Crippen LogP contribution in [0.4, 0.5) is 23.7 Å². The van der Waals surface area contributed by atoms with E-state index in [0.29, 0.717) is 31.0 Å². The Balaban J connectivity index is 1.71. The van der Waals surface area contributed by atoms with E-state index in [-0.39, 0.29) is 24.7 Å². The van der Waals surface area contributed by atoms with Crippen molar-refractivity contribution in [1.29, 1.82) is 0 Å². The molecule has 0 aliphatic heterocycles. The van der Waals surface area contributed by atoms with Gasteiger partial charge in [0.1, 0.15) is 6.54 Å². The van der Waals surface area contributed by atoms with Crippen molar-refractivity contribution in [3.8, 4) is 11.5 Å². The number of nitrogens with zero attached hydrogens (tertiary/aromatic N) is 2. The van der Waals surface area contributed by atoms with Crippen LogP contribution in [0.3, 0.4) is 0 Å². The molecule has 1 heterocycles. The highest BCUT2D eigenvalue weighted by molar-refractivity contribution is 7.09. The Morgan fingerprint density at radius 1 is 1.03 bits per heavy atom. The normalized spacial score (nSPS) is 11.0. The molecule has 3 aromatic rings. The van der Waals surface area contributed by atoms with Gasteiger partial charge in [0.2, 0.25) is 5.91 Å². The summed E-state index contributed by atoms with van der Waals surface area (Å²) in [5, 5.41) is 4.48. The number of rotatable bonds is 12. The smallest absolute Gasteiger partial charge is 0.416 e. The van der Waals surface area contributed by atoms with Crippen LogP contribution in [0, 0.1) is 0 Å². The third-order valence-corrected chi connectivity index (χ3v) is 6.69. The van der Waals surface area contributed by atoms with Crippen molar-refractivity contribution in [3.63, 3.8) is 0 Å². The zero-order valence-corrected chi connectivity index (χ0v) is 22.5. The molecule has 0 aliphatic carbocycles. The molecule has 39 heavy (non-hydrogen) atoms. The highest BCUT2D eigenvalue weighted by atomic mass is 32.1. The molecule has 3 rings (SSSR count). The highest BCUT2D eigenvalue weighted by Gasteiger charge is 2.30. The molecule has 7 nitrogen and oxygen atoms in total. The summed E-state index contributed by atoms with van der Waals surface area (Å²) < 4.78 is 49.2. The topological polar surface area (TPSA) is 71.1 Å². The maximum absolute atomic E-state index is 13.4. The van der Waals surface area contributed by atoms with Crippen LogP contribution in [-0.4, -0.2) is 55.6 Å². The molecule has 0 unspecified atom stereocenters. The lowest BCUT2D eigenvalue weighted by Gasteiger charge is -2.27. The minimum atomic E-state index is -4.48. The number of hydrogen-bond acceptors (Lipinski definition) is 5. The van der Waals surface area contributed by atoms with Gasteiger partial charge < -0.3 is 24.6 Å². The van der Waals surface area contributed by atoms with Gasteiger partial charge in [-0.1, -0.05) is 18.2 Å². The summed E-state index contributed by atoms with van der Waals surface area (Å²) in [5.41, 5.74) is 0.301. The maximum atomic E-state index is 13.4. The molecule has 2 aromatic carbocycles. The SMILES string of the molecule is C=CCN(CC(=O)N(CCc1ccc(OC)c(OC)c1)Cc1cccs1)C(=O)Nc1ccc(C(F)(F)F)cc1. The van der Waals surface area contributed by atoms with Gasteiger partial charge in [0, 0.05) is 23.7 Å². The minimum Gasteiger partial charge on any atom is -0.493 e. The third-order valence-electron chi connectivity index (χ3n) is 5.82. The van der Waals surface area contributed by atoms with Gasteiger partial charge in [-0.25, -0.2) is 4.79 Å². The summed E-state index contributed by atoms with van der Waals surface area (Å²) in [7, 11) is 3.11. The molecule has 0 atom stereocenters. The van der Waals surface area contributed by atoms with Gasteiger partial charge in [-0.05, 0) is 59.8 Å².